The fourth-order valence-electron chi connectivity index (χ4n) is 2.27. The maximum Gasteiger partial charge on any atom is 0.343 e. The van der Waals surface area contributed by atoms with E-state index in [0.717, 1.165) is 5.56 Å². The highest BCUT2D eigenvalue weighted by Gasteiger charge is 2.18. The molecule has 0 saturated carbocycles. The topological polar surface area (TPSA) is 106 Å². The van der Waals surface area contributed by atoms with Gasteiger partial charge in [-0.25, -0.2) is 4.79 Å². The Morgan fingerprint density at radius 2 is 1.73 bits per heavy atom. The molecule has 0 radical (unpaired) electrons. The molecule has 136 valence electrons. The summed E-state index contributed by atoms with van der Waals surface area (Å²) < 4.78 is 9.73. The Morgan fingerprint density at radius 1 is 1.08 bits per heavy atom. The summed E-state index contributed by atoms with van der Waals surface area (Å²) >= 11 is 0. The van der Waals surface area contributed by atoms with Gasteiger partial charge in [0, 0.05) is 12.1 Å². The van der Waals surface area contributed by atoms with Gasteiger partial charge in [-0.3, -0.25) is 15.1 Å². The number of rotatable bonds is 7. The zero-order valence-corrected chi connectivity index (χ0v) is 14.5. The van der Waals surface area contributed by atoms with E-state index in [1.807, 2.05) is 30.3 Å². The number of nitrogens with two attached hydrogens (primary N) is 1. The Hall–Kier alpha value is -3.35. The number of methoxy groups -OCH3 is 1. The highest BCUT2D eigenvalue weighted by Crippen LogP contribution is 2.14. The molecular weight excluding hydrogens is 334 g/mol. The second kappa shape index (κ2) is 9.22. The summed E-state index contributed by atoms with van der Waals surface area (Å²) in [6.45, 7) is 0.0964. The number of amides is 1. The molecule has 0 unspecified atom stereocenters. The predicted molar refractivity (Wildman–Crippen MR) is 97.0 cm³/mol. The van der Waals surface area contributed by atoms with E-state index < -0.39 is 5.97 Å². The maximum atomic E-state index is 12.6. The lowest BCUT2D eigenvalue weighted by molar-refractivity contribution is -0.142. The van der Waals surface area contributed by atoms with Crippen LogP contribution in [-0.4, -0.2) is 43.0 Å². The molecule has 2 aromatic carbocycles. The molecule has 7 heteroatoms. The van der Waals surface area contributed by atoms with Crippen molar-refractivity contribution in [3.05, 3.63) is 65.7 Å². The van der Waals surface area contributed by atoms with Gasteiger partial charge in [-0.2, -0.15) is 0 Å². The number of carbonyl (C=O) groups is 2. The first-order valence-electron chi connectivity index (χ1n) is 8.00. The van der Waals surface area contributed by atoms with Crippen LogP contribution in [0, 0.1) is 5.41 Å². The second-order valence-electron chi connectivity index (χ2n) is 5.47. The molecule has 1 amide bonds. The highest BCUT2D eigenvalue weighted by atomic mass is 16.6. The summed E-state index contributed by atoms with van der Waals surface area (Å²) in [5, 5.41) is 7.68. The van der Waals surface area contributed by atoms with Gasteiger partial charge in [0.15, 0.2) is 12.6 Å². The Morgan fingerprint density at radius 3 is 2.31 bits per heavy atom. The normalized spacial score (nSPS) is 10.0. The number of esters is 1. The van der Waals surface area contributed by atoms with E-state index in [-0.39, 0.29) is 18.5 Å². The van der Waals surface area contributed by atoms with Gasteiger partial charge in [0.1, 0.15) is 5.75 Å². The Bertz CT molecular complexity index is 760. The molecule has 0 atom stereocenters. The van der Waals surface area contributed by atoms with Gasteiger partial charge in [0.05, 0.1) is 7.11 Å². The monoisotopic (exact) mass is 355 g/mol. The van der Waals surface area contributed by atoms with Crippen LogP contribution >= 0.6 is 0 Å². The van der Waals surface area contributed by atoms with Crippen molar-refractivity contribution >= 4 is 17.8 Å². The second-order valence-corrected chi connectivity index (χ2v) is 5.47. The molecule has 0 bridgehead atoms. The Kier molecular flexibility index (Phi) is 6.73. The van der Waals surface area contributed by atoms with Gasteiger partial charge >= 0.3 is 5.97 Å². The molecule has 0 saturated heterocycles. The molecule has 2 rings (SSSR count). The van der Waals surface area contributed by atoms with Gasteiger partial charge in [0.25, 0.3) is 5.91 Å². The van der Waals surface area contributed by atoms with E-state index in [9.17, 15) is 9.59 Å². The van der Waals surface area contributed by atoms with E-state index in [0.29, 0.717) is 24.3 Å². The number of hydrogen-bond acceptors (Lipinski definition) is 5. The van der Waals surface area contributed by atoms with Crippen LogP contribution in [0.25, 0.3) is 0 Å². The lowest BCUT2D eigenvalue weighted by atomic mass is 10.1. The third-order valence-electron chi connectivity index (χ3n) is 3.69. The molecule has 7 nitrogen and oxygen atoms in total. The summed E-state index contributed by atoms with van der Waals surface area (Å²) in [4.78, 5) is 24.9. The maximum absolute atomic E-state index is 12.6. The standard InChI is InChI=1S/C19H21N3O4/c1-25-17(23)13-26-16-9-7-15(8-10-16)18(24)22(19(20)21)12-11-14-5-3-2-4-6-14/h2-10H,11-13H2,1H3,(H3,20,21). The molecule has 0 aliphatic carbocycles. The SMILES string of the molecule is COC(=O)COc1ccc(C(=O)N(CCc2ccccc2)C(=N)N)cc1. The van der Waals surface area contributed by atoms with Crippen LogP contribution in [0.4, 0.5) is 0 Å². The molecule has 0 spiro atoms. The summed E-state index contributed by atoms with van der Waals surface area (Å²) in [5.74, 6) is -0.732. The van der Waals surface area contributed by atoms with Crippen molar-refractivity contribution < 1.29 is 19.1 Å². The molecule has 2 aromatic rings. The highest BCUT2D eigenvalue weighted by molar-refractivity contribution is 6.04. The van der Waals surface area contributed by atoms with Gasteiger partial charge in [0.2, 0.25) is 0 Å². The third kappa shape index (κ3) is 5.34. The number of hydrogen-bond donors (Lipinski definition) is 2. The molecular formula is C19H21N3O4. The third-order valence-corrected chi connectivity index (χ3v) is 3.69. The number of benzene rings is 2. The lowest BCUT2D eigenvalue weighted by Crippen LogP contribution is -2.42. The van der Waals surface area contributed by atoms with Crippen LogP contribution in [0.1, 0.15) is 15.9 Å². The van der Waals surface area contributed by atoms with Gasteiger partial charge in [-0.05, 0) is 36.2 Å². The van der Waals surface area contributed by atoms with Crippen LogP contribution in [0.2, 0.25) is 0 Å². The summed E-state index contributed by atoms with van der Waals surface area (Å²) in [6, 6.07) is 15.9. The number of ether oxygens (including phenoxy) is 2. The fourth-order valence-corrected chi connectivity index (χ4v) is 2.27. The van der Waals surface area contributed by atoms with E-state index in [1.165, 1.54) is 12.0 Å². The average molecular weight is 355 g/mol. The summed E-state index contributed by atoms with van der Waals surface area (Å²) in [7, 11) is 1.28. The van der Waals surface area contributed by atoms with Gasteiger partial charge < -0.3 is 15.2 Å². The molecule has 0 aliphatic heterocycles. The van der Waals surface area contributed by atoms with Crippen molar-refractivity contribution in [1.82, 2.24) is 4.90 Å². The van der Waals surface area contributed by atoms with Crippen molar-refractivity contribution in [3.63, 3.8) is 0 Å². The minimum atomic E-state index is -0.492. The van der Waals surface area contributed by atoms with Crippen molar-refractivity contribution in [2.75, 3.05) is 20.3 Å². The predicted octanol–water partition coefficient (Wildman–Crippen LogP) is 1.82. The molecule has 26 heavy (non-hydrogen) atoms. The molecule has 3 N–H and O–H groups in total. The largest absolute Gasteiger partial charge is 0.482 e. The minimum absolute atomic E-state index is 0.208. The Labute approximate surface area is 151 Å². The first-order valence-corrected chi connectivity index (χ1v) is 8.00. The Balaban J connectivity index is 2.01. The summed E-state index contributed by atoms with van der Waals surface area (Å²) in [6.07, 6.45) is 0.590. The van der Waals surface area contributed by atoms with Gasteiger partial charge in [-0.15, -0.1) is 0 Å². The quantitative estimate of drug-likeness (QED) is 0.448. The first-order chi connectivity index (χ1) is 12.5. The van der Waals surface area contributed by atoms with Crippen molar-refractivity contribution in [2.24, 2.45) is 5.73 Å². The zero-order chi connectivity index (χ0) is 18.9. The average Bonchev–Trinajstić information content (AvgIpc) is 2.67. The van der Waals surface area contributed by atoms with E-state index in [1.54, 1.807) is 24.3 Å². The van der Waals surface area contributed by atoms with Crippen molar-refractivity contribution in [3.8, 4) is 5.75 Å². The van der Waals surface area contributed by atoms with E-state index in [4.69, 9.17) is 15.9 Å². The van der Waals surface area contributed by atoms with Crippen LogP contribution in [0.15, 0.2) is 54.6 Å². The number of guanidine groups is 1. The van der Waals surface area contributed by atoms with Crippen LogP contribution in [-0.2, 0) is 16.0 Å². The number of carbonyl (C=O) groups excluding carboxylic acids is 2. The summed E-state index contributed by atoms with van der Waals surface area (Å²) in [5.41, 5.74) is 7.01. The van der Waals surface area contributed by atoms with Crippen LogP contribution in [0.3, 0.4) is 0 Å². The zero-order valence-electron chi connectivity index (χ0n) is 14.5. The molecule has 0 aliphatic rings. The van der Waals surface area contributed by atoms with Gasteiger partial charge in [-0.1, -0.05) is 30.3 Å². The smallest absolute Gasteiger partial charge is 0.343 e. The molecule has 0 fully saturated rings. The minimum Gasteiger partial charge on any atom is -0.482 e. The fraction of sp³-hybridized carbons (Fsp3) is 0.211. The molecule has 0 aromatic heterocycles. The van der Waals surface area contributed by atoms with Crippen LogP contribution < -0.4 is 10.5 Å². The van der Waals surface area contributed by atoms with E-state index in [2.05, 4.69) is 4.74 Å². The number of nitrogens with zero attached hydrogens (tertiary/aromatic N) is 1. The van der Waals surface area contributed by atoms with Crippen molar-refractivity contribution in [2.45, 2.75) is 6.42 Å². The van der Waals surface area contributed by atoms with Crippen molar-refractivity contribution in [1.29, 1.82) is 5.41 Å². The number of nitrogens with one attached hydrogen (secondary N) is 1. The van der Waals surface area contributed by atoms with E-state index >= 15 is 0 Å². The van der Waals surface area contributed by atoms with Crippen LogP contribution in [0.5, 0.6) is 5.75 Å². The lowest BCUT2D eigenvalue weighted by Gasteiger charge is -2.21. The first kappa shape index (κ1) is 19.0. The molecule has 0 heterocycles.